The van der Waals surface area contributed by atoms with Gasteiger partial charge in [-0.3, -0.25) is 19.2 Å². The topological polar surface area (TPSA) is 127 Å². The van der Waals surface area contributed by atoms with Crippen molar-refractivity contribution >= 4 is 33.5 Å². The van der Waals surface area contributed by atoms with E-state index in [1.807, 2.05) is 0 Å². The number of aryl methyl sites for hydroxylation is 1. The fourth-order valence-corrected chi connectivity index (χ4v) is 5.49. The molecule has 0 atom stereocenters. The van der Waals surface area contributed by atoms with Gasteiger partial charge in [0.25, 0.3) is 21.6 Å². The maximum atomic E-state index is 14.3. The quantitative estimate of drug-likeness (QED) is 0.187. The highest BCUT2D eigenvalue weighted by molar-refractivity contribution is 7.92. The molecule has 1 amide bonds. The van der Waals surface area contributed by atoms with E-state index in [1.54, 1.807) is 48.7 Å². The highest BCUT2D eigenvalue weighted by Crippen LogP contribution is 2.27. The van der Waals surface area contributed by atoms with E-state index in [0.29, 0.717) is 16.9 Å². The molecular weight excluding hydrogens is 525 g/mol. The van der Waals surface area contributed by atoms with Gasteiger partial charge in [-0.2, -0.15) is 5.10 Å². The van der Waals surface area contributed by atoms with Crippen LogP contribution in [-0.2, 0) is 14.8 Å². The number of sulfonamides is 1. The van der Waals surface area contributed by atoms with Crippen LogP contribution in [0.3, 0.4) is 0 Å². The summed E-state index contributed by atoms with van der Waals surface area (Å²) in [6, 6.07) is 20.5. The van der Waals surface area contributed by atoms with Crippen molar-refractivity contribution in [2.45, 2.75) is 18.7 Å². The van der Waals surface area contributed by atoms with E-state index < -0.39 is 33.2 Å². The van der Waals surface area contributed by atoms with Gasteiger partial charge in [0.1, 0.15) is 12.4 Å². The van der Waals surface area contributed by atoms with Gasteiger partial charge in [-0.05, 0) is 50.2 Å². The van der Waals surface area contributed by atoms with E-state index >= 15 is 0 Å². The van der Waals surface area contributed by atoms with Crippen molar-refractivity contribution in [1.82, 2.24) is 9.99 Å². The minimum atomic E-state index is -4.25. The van der Waals surface area contributed by atoms with E-state index in [1.165, 1.54) is 54.7 Å². The van der Waals surface area contributed by atoms with Crippen molar-refractivity contribution in [3.63, 3.8) is 0 Å². The second-order valence-corrected chi connectivity index (χ2v) is 10.4. The molecule has 0 unspecified atom stereocenters. The second kappa shape index (κ2) is 11.3. The number of nitrogens with zero attached hydrogens (tertiary/aromatic N) is 4. The SMILES string of the molecule is Cc1cc(/C=N/NC(=O)CN(c2cccc([N+](=O)[O-])c2)S(=O)(=O)c2ccccc2)c(C)n1-c1ccccc1F. The third kappa shape index (κ3) is 5.85. The molecule has 0 fully saturated rings. The molecule has 12 heteroatoms. The zero-order valence-electron chi connectivity index (χ0n) is 21.0. The van der Waals surface area contributed by atoms with Crippen molar-refractivity contribution in [1.29, 1.82) is 0 Å². The van der Waals surface area contributed by atoms with Gasteiger partial charge in [0.05, 0.1) is 27.4 Å². The largest absolute Gasteiger partial charge is 0.315 e. The molecule has 0 radical (unpaired) electrons. The first-order valence-corrected chi connectivity index (χ1v) is 13.1. The maximum Gasteiger partial charge on any atom is 0.271 e. The van der Waals surface area contributed by atoms with Gasteiger partial charge in [0.2, 0.25) is 0 Å². The standard InChI is InChI=1S/C27H24FN5O5S/c1-19-15-21(20(2)32(19)26-14-7-6-13-25(26)28)17-29-30-27(34)18-31(22-9-8-10-23(16-22)33(35)36)39(37,38)24-11-4-3-5-12-24/h3-17H,18H2,1-2H3,(H,30,34)/b29-17+. The number of aromatic nitrogens is 1. The van der Waals surface area contributed by atoms with Gasteiger partial charge >= 0.3 is 0 Å². The average Bonchev–Trinajstić information content (AvgIpc) is 3.20. The normalized spacial score (nSPS) is 11.5. The van der Waals surface area contributed by atoms with Crippen LogP contribution in [-0.4, -0.2) is 36.6 Å². The summed E-state index contributed by atoms with van der Waals surface area (Å²) in [7, 11) is -4.25. The molecule has 4 aromatic rings. The van der Waals surface area contributed by atoms with Crippen molar-refractivity contribution < 1.29 is 22.5 Å². The third-order valence-corrected chi connectivity index (χ3v) is 7.69. The first kappa shape index (κ1) is 27.2. The van der Waals surface area contributed by atoms with Crippen LogP contribution in [0.1, 0.15) is 17.0 Å². The Bertz CT molecular complexity index is 1670. The molecule has 0 aliphatic heterocycles. The molecule has 0 aliphatic carbocycles. The lowest BCUT2D eigenvalue weighted by atomic mass is 10.2. The highest BCUT2D eigenvalue weighted by Gasteiger charge is 2.28. The van der Waals surface area contributed by atoms with Crippen LogP contribution < -0.4 is 9.73 Å². The summed E-state index contributed by atoms with van der Waals surface area (Å²) in [5, 5.41) is 15.2. The van der Waals surface area contributed by atoms with Crippen LogP contribution in [0.15, 0.2) is 94.9 Å². The number of halogens is 1. The number of benzene rings is 3. The van der Waals surface area contributed by atoms with E-state index in [9.17, 15) is 27.7 Å². The Morgan fingerprint density at radius 3 is 2.44 bits per heavy atom. The molecule has 1 N–H and O–H groups in total. The number of rotatable bonds is 9. The lowest BCUT2D eigenvalue weighted by Crippen LogP contribution is -2.39. The monoisotopic (exact) mass is 549 g/mol. The molecule has 0 spiro atoms. The Kier molecular flexibility index (Phi) is 7.86. The third-order valence-electron chi connectivity index (χ3n) is 5.90. The smallest absolute Gasteiger partial charge is 0.271 e. The summed E-state index contributed by atoms with van der Waals surface area (Å²) in [6.07, 6.45) is 1.38. The number of carbonyl (C=O) groups is 1. The first-order valence-electron chi connectivity index (χ1n) is 11.7. The zero-order chi connectivity index (χ0) is 28.2. The van der Waals surface area contributed by atoms with Crippen LogP contribution in [0, 0.1) is 29.8 Å². The van der Waals surface area contributed by atoms with Gasteiger partial charge in [0, 0.05) is 29.1 Å². The molecule has 39 heavy (non-hydrogen) atoms. The Morgan fingerprint density at radius 2 is 1.74 bits per heavy atom. The summed E-state index contributed by atoms with van der Waals surface area (Å²) in [4.78, 5) is 23.3. The molecule has 1 heterocycles. The second-order valence-electron chi connectivity index (χ2n) is 8.51. The van der Waals surface area contributed by atoms with Crippen molar-refractivity contribution in [2.75, 3.05) is 10.8 Å². The van der Waals surface area contributed by atoms with Gasteiger partial charge in [-0.25, -0.2) is 18.2 Å². The number of anilines is 1. The molecule has 10 nitrogen and oxygen atoms in total. The van der Waals surface area contributed by atoms with E-state index in [4.69, 9.17) is 0 Å². The molecule has 0 bridgehead atoms. The van der Waals surface area contributed by atoms with E-state index in [0.717, 1.165) is 16.1 Å². The van der Waals surface area contributed by atoms with Crippen LogP contribution in [0.5, 0.6) is 0 Å². The number of hydrazone groups is 1. The Balaban J connectivity index is 1.58. The lowest BCUT2D eigenvalue weighted by molar-refractivity contribution is -0.384. The first-order chi connectivity index (χ1) is 18.6. The molecule has 0 aliphatic rings. The Labute approximate surface area is 224 Å². The van der Waals surface area contributed by atoms with Crippen LogP contribution in [0.4, 0.5) is 15.8 Å². The van der Waals surface area contributed by atoms with Crippen molar-refractivity contribution in [3.05, 3.63) is 118 Å². The maximum absolute atomic E-state index is 14.3. The summed E-state index contributed by atoms with van der Waals surface area (Å²) in [6.45, 7) is 2.89. The number of nitro groups is 1. The number of nitro benzene ring substituents is 1. The van der Waals surface area contributed by atoms with Crippen LogP contribution in [0.2, 0.25) is 0 Å². The summed E-state index contributed by atoms with van der Waals surface area (Å²) in [5.74, 6) is -1.17. The number of non-ortho nitro benzene ring substituents is 1. The number of para-hydroxylation sites is 1. The molecule has 3 aromatic carbocycles. The fourth-order valence-electron chi connectivity index (χ4n) is 4.06. The summed E-state index contributed by atoms with van der Waals surface area (Å²) >= 11 is 0. The molecule has 1 aromatic heterocycles. The highest BCUT2D eigenvalue weighted by atomic mass is 32.2. The van der Waals surface area contributed by atoms with Crippen LogP contribution in [0.25, 0.3) is 5.69 Å². The lowest BCUT2D eigenvalue weighted by Gasteiger charge is -2.23. The molecule has 200 valence electrons. The fraction of sp³-hybridized carbons (Fsp3) is 0.111. The molecule has 4 rings (SSSR count). The zero-order valence-corrected chi connectivity index (χ0v) is 21.8. The van der Waals surface area contributed by atoms with Crippen LogP contribution >= 0.6 is 0 Å². The molecule has 0 saturated carbocycles. The Hall–Kier alpha value is -4.84. The van der Waals surface area contributed by atoms with E-state index in [-0.39, 0.29) is 16.3 Å². The number of carbonyl (C=O) groups excluding carboxylic acids is 1. The number of nitrogens with one attached hydrogen (secondary N) is 1. The number of amides is 1. The number of hydrogen-bond donors (Lipinski definition) is 1. The summed E-state index contributed by atoms with van der Waals surface area (Å²) < 4.78 is 43.6. The van der Waals surface area contributed by atoms with Gasteiger partial charge in [-0.1, -0.05) is 36.4 Å². The molecule has 0 saturated heterocycles. The molecular formula is C27H24FN5O5S. The minimum Gasteiger partial charge on any atom is -0.315 e. The Morgan fingerprint density at radius 1 is 1.05 bits per heavy atom. The van der Waals surface area contributed by atoms with Gasteiger partial charge in [0.15, 0.2) is 0 Å². The number of hydrogen-bond acceptors (Lipinski definition) is 6. The summed E-state index contributed by atoms with van der Waals surface area (Å²) in [5.41, 5.74) is 4.33. The predicted molar refractivity (Wildman–Crippen MR) is 145 cm³/mol. The van der Waals surface area contributed by atoms with Gasteiger partial charge in [-0.15, -0.1) is 0 Å². The van der Waals surface area contributed by atoms with E-state index in [2.05, 4.69) is 10.5 Å². The average molecular weight is 550 g/mol. The predicted octanol–water partition coefficient (Wildman–Crippen LogP) is 4.49. The van der Waals surface area contributed by atoms with Crippen molar-refractivity contribution in [2.24, 2.45) is 5.10 Å². The van der Waals surface area contributed by atoms with Crippen molar-refractivity contribution in [3.8, 4) is 5.69 Å². The van der Waals surface area contributed by atoms with Gasteiger partial charge < -0.3 is 4.57 Å². The minimum absolute atomic E-state index is 0.0550.